The molecule has 2 heterocycles. The second-order valence-corrected chi connectivity index (χ2v) is 6.97. The molecule has 2 aliphatic rings. The monoisotopic (exact) mass is 376 g/mol. The smallest absolute Gasteiger partial charge is 0.226 e. The van der Waals surface area contributed by atoms with E-state index < -0.39 is 11.9 Å². The van der Waals surface area contributed by atoms with Crippen LogP contribution in [0.1, 0.15) is 30.9 Å². The van der Waals surface area contributed by atoms with Crippen LogP contribution in [0.4, 0.5) is 10.3 Å². The number of rotatable bonds is 2. The Labute approximate surface area is 160 Å². The molecule has 6 nitrogen and oxygen atoms in total. The number of carbonyl (C=O) groups is 1. The quantitative estimate of drug-likeness (QED) is 0.711. The second-order valence-electron chi connectivity index (χ2n) is 6.97. The van der Waals surface area contributed by atoms with E-state index in [4.69, 9.17) is 0 Å². The van der Waals surface area contributed by atoms with Gasteiger partial charge in [-0.05, 0) is 42.7 Å². The molecule has 1 unspecified atom stereocenters. The van der Waals surface area contributed by atoms with Gasteiger partial charge in [0.15, 0.2) is 11.6 Å². The molecule has 5 rings (SSSR count). The van der Waals surface area contributed by atoms with E-state index in [1.54, 1.807) is 41.1 Å². The predicted molar refractivity (Wildman–Crippen MR) is 101 cm³/mol. The maximum atomic E-state index is 14.3. The molecule has 0 radical (unpaired) electrons. The molecule has 0 fully saturated rings. The predicted octanol–water partition coefficient (Wildman–Crippen LogP) is 3.81. The van der Waals surface area contributed by atoms with E-state index >= 15 is 0 Å². The lowest BCUT2D eigenvalue weighted by atomic mass is 9.85. The first kappa shape index (κ1) is 16.7. The Kier molecular flexibility index (Phi) is 3.75. The molecular formula is C21H17FN4O2. The van der Waals surface area contributed by atoms with Gasteiger partial charge in [0.25, 0.3) is 0 Å². The third-order valence-electron chi connectivity index (χ3n) is 5.17. The molecule has 1 aliphatic heterocycles. The Morgan fingerprint density at radius 3 is 2.82 bits per heavy atom. The van der Waals surface area contributed by atoms with Crippen molar-refractivity contribution in [1.82, 2.24) is 14.8 Å². The Morgan fingerprint density at radius 2 is 2.00 bits per heavy atom. The van der Waals surface area contributed by atoms with Crippen LogP contribution < -0.4 is 5.32 Å². The highest BCUT2D eigenvalue weighted by molar-refractivity contribution is 5.99. The van der Waals surface area contributed by atoms with E-state index in [-0.39, 0.29) is 17.4 Å². The van der Waals surface area contributed by atoms with Crippen molar-refractivity contribution in [1.29, 1.82) is 0 Å². The van der Waals surface area contributed by atoms with Gasteiger partial charge >= 0.3 is 0 Å². The second kappa shape index (κ2) is 6.30. The van der Waals surface area contributed by atoms with Crippen LogP contribution in [0.15, 0.2) is 59.8 Å². The van der Waals surface area contributed by atoms with Crippen molar-refractivity contribution in [2.75, 3.05) is 5.32 Å². The van der Waals surface area contributed by atoms with Crippen LogP contribution in [0.5, 0.6) is 5.75 Å². The molecule has 7 heteroatoms. The van der Waals surface area contributed by atoms with Gasteiger partial charge in [-0.1, -0.05) is 24.3 Å². The first-order chi connectivity index (χ1) is 13.6. The van der Waals surface area contributed by atoms with Crippen LogP contribution in [0.2, 0.25) is 0 Å². The Morgan fingerprint density at radius 1 is 1.14 bits per heavy atom. The van der Waals surface area contributed by atoms with Gasteiger partial charge in [-0.25, -0.2) is 9.07 Å². The lowest BCUT2D eigenvalue weighted by Gasteiger charge is -2.32. The number of nitrogens with one attached hydrogen (secondary N) is 1. The van der Waals surface area contributed by atoms with Gasteiger partial charge in [-0.3, -0.25) is 4.79 Å². The molecule has 0 bridgehead atoms. The fourth-order valence-electron chi connectivity index (χ4n) is 3.92. The van der Waals surface area contributed by atoms with Gasteiger partial charge in [0.2, 0.25) is 5.95 Å². The highest BCUT2D eigenvalue weighted by Gasteiger charge is 2.37. The van der Waals surface area contributed by atoms with Gasteiger partial charge in [-0.15, -0.1) is 5.10 Å². The number of nitrogens with zero attached hydrogens (tertiary/aromatic N) is 3. The number of halogens is 1. The Balaban J connectivity index is 1.71. The van der Waals surface area contributed by atoms with Crippen molar-refractivity contribution in [2.24, 2.45) is 0 Å². The number of Topliss-reactive ketones (excluding diaryl/α,β-unsaturated/α-hetero) is 1. The highest BCUT2D eigenvalue weighted by Crippen LogP contribution is 2.41. The standard InChI is InChI=1S/C21H17FN4O2/c22-15-8-2-1-7-14(15)20-24-21-23-16-9-4-10-17(28)18(16)19(26(21)25-20)12-5-3-6-13(27)11-12/h1-3,5-8,11,19,27H,4,9-10H2,(H,23,24,25). The summed E-state index contributed by atoms with van der Waals surface area (Å²) in [7, 11) is 0. The van der Waals surface area contributed by atoms with Gasteiger partial charge in [0.1, 0.15) is 17.6 Å². The van der Waals surface area contributed by atoms with Crippen molar-refractivity contribution in [3.63, 3.8) is 0 Å². The van der Waals surface area contributed by atoms with Gasteiger partial charge in [0.05, 0.1) is 5.56 Å². The Hall–Kier alpha value is -3.48. The number of aromatic nitrogens is 3. The zero-order valence-corrected chi connectivity index (χ0v) is 14.9. The summed E-state index contributed by atoms with van der Waals surface area (Å²) in [5.41, 5.74) is 2.49. The zero-order chi connectivity index (χ0) is 19.3. The molecule has 1 aliphatic carbocycles. The summed E-state index contributed by atoms with van der Waals surface area (Å²) >= 11 is 0. The molecule has 140 valence electrons. The number of benzene rings is 2. The first-order valence-electron chi connectivity index (χ1n) is 9.15. The van der Waals surface area contributed by atoms with Crippen molar-refractivity contribution in [3.8, 4) is 17.1 Å². The maximum absolute atomic E-state index is 14.3. The fraction of sp³-hybridized carbons (Fsp3) is 0.190. The van der Waals surface area contributed by atoms with Gasteiger partial charge in [0, 0.05) is 17.7 Å². The summed E-state index contributed by atoms with van der Waals surface area (Å²) in [4.78, 5) is 17.2. The topological polar surface area (TPSA) is 80.0 Å². The SMILES string of the molecule is O=C1CCCC2=C1C(c1cccc(O)c1)n1nc(-c3ccccc3F)nc1N2. The molecule has 0 amide bonds. The Bertz CT molecular complexity index is 1130. The summed E-state index contributed by atoms with van der Waals surface area (Å²) < 4.78 is 15.9. The molecule has 1 aromatic heterocycles. The molecule has 28 heavy (non-hydrogen) atoms. The molecule has 0 saturated heterocycles. The summed E-state index contributed by atoms with van der Waals surface area (Å²) in [6.45, 7) is 0. The summed E-state index contributed by atoms with van der Waals surface area (Å²) in [5.74, 6) is 0.458. The van der Waals surface area contributed by atoms with Crippen molar-refractivity contribution >= 4 is 11.7 Å². The third-order valence-corrected chi connectivity index (χ3v) is 5.17. The fourth-order valence-corrected chi connectivity index (χ4v) is 3.92. The number of phenolic OH excluding ortho intramolecular Hbond substituents is 1. The minimum absolute atomic E-state index is 0.0516. The van der Waals surface area contributed by atoms with Crippen LogP contribution in [0.3, 0.4) is 0 Å². The lowest BCUT2D eigenvalue weighted by molar-refractivity contribution is -0.116. The lowest BCUT2D eigenvalue weighted by Crippen LogP contribution is -2.31. The van der Waals surface area contributed by atoms with Crippen LogP contribution >= 0.6 is 0 Å². The van der Waals surface area contributed by atoms with Crippen molar-refractivity contribution in [2.45, 2.75) is 25.3 Å². The average Bonchev–Trinajstić information content (AvgIpc) is 3.10. The third kappa shape index (κ3) is 2.58. The molecular weight excluding hydrogens is 359 g/mol. The maximum Gasteiger partial charge on any atom is 0.226 e. The number of allylic oxidation sites excluding steroid dienone is 2. The minimum Gasteiger partial charge on any atom is -0.508 e. The first-order valence-corrected chi connectivity index (χ1v) is 9.15. The van der Waals surface area contributed by atoms with Crippen LogP contribution in [0, 0.1) is 5.82 Å². The largest absolute Gasteiger partial charge is 0.508 e. The van der Waals surface area contributed by atoms with E-state index in [1.807, 2.05) is 6.07 Å². The van der Waals surface area contributed by atoms with Gasteiger partial charge < -0.3 is 10.4 Å². The number of hydrogen-bond acceptors (Lipinski definition) is 5. The van der Waals surface area contributed by atoms with Gasteiger partial charge in [-0.2, -0.15) is 4.98 Å². The van der Waals surface area contributed by atoms with Crippen LogP contribution in [-0.2, 0) is 4.79 Å². The normalized spacial score (nSPS) is 18.5. The molecule has 1 atom stereocenters. The summed E-state index contributed by atoms with van der Waals surface area (Å²) in [6.07, 6.45) is 1.98. The average molecular weight is 376 g/mol. The number of phenols is 1. The highest BCUT2D eigenvalue weighted by atomic mass is 19.1. The number of hydrogen-bond donors (Lipinski definition) is 2. The van der Waals surface area contributed by atoms with E-state index in [9.17, 15) is 14.3 Å². The minimum atomic E-state index is -0.515. The number of fused-ring (bicyclic) bond motifs is 1. The molecule has 2 aromatic carbocycles. The molecule has 3 aromatic rings. The van der Waals surface area contributed by atoms with E-state index in [2.05, 4.69) is 15.4 Å². The summed E-state index contributed by atoms with van der Waals surface area (Å²) in [6, 6.07) is 12.6. The number of aromatic hydroxyl groups is 1. The van der Waals surface area contributed by atoms with E-state index in [1.165, 1.54) is 6.07 Å². The van der Waals surface area contributed by atoms with E-state index in [0.29, 0.717) is 23.5 Å². The van der Waals surface area contributed by atoms with Crippen LogP contribution in [0.25, 0.3) is 11.4 Å². The molecule has 2 N–H and O–H groups in total. The number of ketones is 1. The number of anilines is 1. The van der Waals surface area contributed by atoms with Crippen molar-refractivity contribution < 1.29 is 14.3 Å². The van der Waals surface area contributed by atoms with Crippen molar-refractivity contribution in [3.05, 3.63) is 71.2 Å². The number of carbonyl (C=O) groups excluding carboxylic acids is 1. The van der Waals surface area contributed by atoms with Crippen LogP contribution in [-0.4, -0.2) is 25.7 Å². The summed E-state index contributed by atoms with van der Waals surface area (Å²) in [5, 5.41) is 17.7. The molecule has 0 spiro atoms. The molecule has 0 saturated carbocycles. The zero-order valence-electron chi connectivity index (χ0n) is 14.9. The van der Waals surface area contributed by atoms with E-state index in [0.717, 1.165) is 24.1 Å².